The van der Waals surface area contributed by atoms with E-state index in [9.17, 15) is 18.0 Å². The second kappa shape index (κ2) is 9.03. The van der Waals surface area contributed by atoms with Gasteiger partial charge in [0.05, 0.1) is 4.90 Å². The van der Waals surface area contributed by atoms with Crippen LogP contribution in [0.3, 0.4) is 0 Å². The molecule has 1 heterocycles. The monoisotopic (exact) mass is 455 g/mol. The van der Waals surface area contributed by atoms with Gasteiger partial charge in [-0.05, 0) is 67.6 Å². The number of hydrogen-bond donors (Lipinski definition) is 1. The van der Waals surface area contributed by atoms with Gasteiger partial charge in [0, 0.05) is 44.2 Å². The predicted molar refractivity (Wildman–Crippen MR) is 122 cm³/mol. The van der Waals surface area contributed by atoms with E-state index in [-0.39, 0.29) is 29.2 Å². The van der Waals surface area contributed by atoms with Gasteiger partial charge in [0.15, 0.2) is 0 Å². The number of sulfonamides is 1. The summed E-state index contributed by atoms with van der Waals surface area (Å²) in [5.41, 5.74) is 3.30. The molecule has 0 spiro atoms. The molecule has 1 aliphatic carbocycles. The van der Waals surface area contributed by atoms with E-state index in [0.29, 0.717) is 31.7 Å². The smallest absolute Gasteiger partial charge is 0.253 e. The van der Waals surface area contributed by atoms with E-state index in [1.807, 2.05) is 18.7 Å². The van der Waals surface area contributed by atoms with E-state index in [0.717, 1.165) is 29.5 Å². The first kappa shape index (κ1) is 22.5. The lowest BCUT2D eigenvalue weighted by molar-refractivity contribution is -0.134. The number of amides is 2. The third-order valence-electron chi connectivity index (χ3n) is 6.26. The molecule has 1 aliphatic heterocycles. The lowest BCUT2D eigenvalue weighted by atomic mass is 10.1. The molecule has 0 unspecified atom stereocenters. The quantitative estimate of drug-likeness (QED) is 0.725. The third-order valence-corrected chi connectivity index (χ3v) is 7.66. The van der Waals surface area contributed by atoms with Crippen LogP contribution in [0, 0.1) is 19.8 Å². The van der Waals surface area contributed by atoms with E-state index in [4.69, 9.17) is 0 Å². The lowest BCUT2D eigenvalue weighted by Crippen LogP contribution is -2.51. The molecule has 4 rings (SSSR count). The number of piperazine rings is 1. The zero-order chi connectivity index (χ0) is 22.9. The summed E-state index contributed by atoms with van der Waals surface area (Å²) in [6, 6.07) is 12.0. The van der Waals surface area contributed by atoms with Crippen molar-refractivity contribution in [1.29, 1.82) is 0 Å². The van der Waals surface area contributed by atoms with Crippen molar-refractivity contribution in [3.05, 3.63) is 64.7 Å². The Balaban J connectivity index is 1.32. The largest absolute Gasteiger partial charge is 0.339 e. The van der Waals surface area contributed by atoms with Crippen LogP contribution in [0.5, 0.6) is 0 Å². The van der Waals surface area contributed by atoms with E-state index in [1.54, 1.807) is 47.4 Å². The molecule has 8 heteroatoms. The molecular formula is C24H29N3O4S. The molecule has 0 atom stereocenters. The first-order chi connectivity index (χ1) is 15.2. The van der Waals surface area contributed by atoms with Gasteiger partial charge in [0.2, 0.25) is 15.9 Å². The van der Waals surface area contributed by atoms with Crippen LogP contribution in [0.4, 0.5) is 0 Å². The van der Waals surface area contributed by atoms with Crippen LogP contribution < -0.4 is 4.72 Å². The summed E-state index contributed by atoms with van der Waals surface area (Å²) in [7, 11) is -3.61. The van der Waals surface area contributed by atoms with Crippen LogP contribution in [0.2, 0.25) is 0 Å². The molecule has 2 aromatic carbocycles. The van der Waals surface area contributed by atoms with Gasteiger partial charge >= 0.3 is 0 Å². The Morgan fingerprint density at radius 3 is 2.12 bits per heavy atom. The van der Waals surface area contributed by atoms with Crippen LogP contribution in [0.25, 0.3) is 0 Å². The summed E-state index contributed by atoms with van der Waals surface area (Å²) in [5.74, 6) is 0.368. The van der Waals surface area contributed by atoms with Gasteiger partial charge < -0.3 is 9.80 Å². The van der Waals surface area contributed by atoms with Crippen LogP contribution in [-0.2, 0) is 21.4 Å². The van der Waals surface area contributed by atoms with Crippen molar-refractivity contribution in [2.75, 3.05) is 26.2 Å². The van der Waals surface area contributed by atoms with E-state index < -0.39 is 10.0 Å². The number of benzene rings is 2. The minimum atomic E-state index is -3.61. The number of carbonyl (C=O) groups is 2. The van der Waals surface area contributed by atoms with Crippen molar-refractivity contribution in [2.24, 2.45) is 5.92 Å². The molecule has 1 saturated heterocycles. The number of nitrogens with zero attached hydrogens (tertiary/aromatic N) is 2. The van der Waals surface area contributed by atoms with Gasteiger partial charge in [-0.1, -0.05) is 18.2 Å². The molecule has 0 aromatic heterocycles. The fourth-order valence-electron chi connectivity index (χ4n) is 3.81. The van der Waals surface area contributed by atoms with E-state index in [1.165, 1.54) is 0 Å². The van der Waals surface area contributed by atoms with E-state index >= 15 is 0 Å². The zero-order valence-electron chi connectivity index (χ0n) is 18.5. The zero-order valence-corrected chi connectivity index (χ0v) is 19.3. The fourth-order valence-corrected chi connectivity index (χ4v) is 4.91. The molecule has 0 radical (unpaired) electrons. The van der Waals surface area contributed by atoms with Crippen molar-refractivity contribution in [3.63, 3.8) is 0 Å². The van der Waals surface area contributed by atoms with Gasteiger partial charge in [-0.2, -0.15) is 0 Å². The molecule has 2 fully saturated rings. The average Bonchev–Trinajstić information content (AvgIpc) is 3.64. The number of rotatable bonds is 6. The highest BCUT2D eigenvalue weighted by atomic mass is 32.2. The summed E-state index contributed by atoms with van der Waals surface area (Å²) < 4.78 is 27.8. The predicted octanol–water partition coefficient (Wildman–Crippen LogP) is 2.48. The van der Waals surface area contributed by atoms with Gasteiger partial charge in [0.25, 0.3) is 5.91 Å². The van der Waals surface area contributed by atoms with Crippen molar-refractivity contribution in [2.45, 2.75) is 38.1 Å². The number of aryl methyl sites for hydroxylation is 2. The molecule has 1 N–H and O–H groups in total. The fraction of sp³-hybridized carbons (Fsp3) is 0.417. The Bertz CT molecular complexity index is 1120. The molecule has 1 saturated carbocycles. The molecule has 0 bridgehead atoms. The van der Waals surface area contributed by atoms with E-state index in [2.05, 4.69) is 4.72 Å². The standard InChI is InChI=1S/C24H29N3O4S/c1-17-3-10-22(15-18(17)2)32(30,31)25-16-19-4-6-20(7-5-19)23(28)26-11-13-27(14-12-26)24(29)21-8-9-21/h3-7,10,15,21,25H,8-9,11-14,16H2,1-2H3. The SMILES string of the molecule is Cc1ccc(S(=O)(=O)NCc2ccc(C(=O)N3CCN(C(=O)C4CC4)CC3)cc2)cc1C. The number of nitrogens with one attached hydrogen (secondary N) is 1. The molecule has 7 nitrogen and oxygen atoms in total. The first-order valence-electron chi connectivity index (χ1n) is 11.0. The summed E-state index contributed by atoms with van der Waals surface area (Å²) >= 11 is 0. The topological polar surface area (TPSA) is 86.8 Å². The molecule has 2 aromatic rings. The van der Waals surface area contributed by atoms with Gasteiger partial charge in [-0.3, -0.25) is 9.59 Å². The Labute approximate surface area is 189 Å². The normalized spacial score (nSPS) is 16.8. The Morgan fingerprint density at radius 1 is 0.906 bits per heavy atom. The highest BCUT2D eigenvalue weighted by molar-refractivity contribution is 7.89. The maximum Gasteiger partial charge on any atom is 0.253 e. The van der Waals surface area contributed by atoms with Crippen LogP contribution >= 0.6 is 0 Å². The third kappa shape index (κ3) is 5.02. The number of hydrogen-bond acceptors (Lipinski definition) is 4. The minimum Gasteiger partial charge on any atom is -0.339 e. The van der Waals surface area contributed by atoms with Gasteiger partial charge in [-0.15, -0.1) is 0 Å². The Hall–Kier alpha value is -2.71. The summed E-state index contributed by atoms with van der Waals surface area (Å²) in [4.78, 5) is 28.9. The molecule has 2 amide bonds. The lowest BCUT2D eigenvalue weighted by Gasteiger charge is -2.35. The van der Waals surface area contributed by atoms with Crippen molar-refractivity contribution >= 4 is 21.8 Å². The summed E-state index contributed by atoms with van der Waals surface area (Å²) in [5, 5.41) is 0. The second-order valence-corrected chi connectivity index (χ2v) is 10.4. The van der Waals surface area contributed by atoms with Crippen molar-refractivity contribution in [1.82, 2.24) is 14.5 Å². The molecule has 2 aliphatic rings. The highest BCUT2D eigenvalue weighted by Crippen LogP contribution is 2.31. The average molecular weight is 456 g/mol. The van der Waals surface area contributed by atoms with Crippen LogP contribution in [-0.4, -0.2) is 56.2 Å². The summed E-state index contributed by atoms with van der Waals surface area (Å²) in [6.07, 6.45) is 1.98. The molecule has 170 valence electrons. The van der Waals surface area contributed by atoms with Crippen LogP contribution in [0.15, 0.2) is 47.4 Å². The highest BCUT2D eigenvalue weighted by Gasteiger charge is 2.35. The minimum absolute atomic E-state index is 0.0641. The Kier molecular flexibility index (Phi) is 6.35. The van der Waals surface area contributed by atoms with Gasteiger partial charge in [-0.25, -0.2) is 13.1 Å². The molecular weight excluding hydrogens is 426 g/mol. The second-order valence-electron chi connectivity index (χ2n) is 8.66. The summed E-state index contributed by atoms with van der Waals surface area (Å²) in [6.45, 7) is 6.21. The maximum atomic E-state index is 12.8. The van der Waals surface area contributed by atoms with Crippen molar-refractivity contribution < 1.29 is 18.0 Å². The molecule has 32 heavy (non-hydrogen) atoms. The van der Waals surface area contributed by atoms with Crippen molar-refractivity contribution in [3.8, 4) is 0 Å². The first-order valence-corrected chi connectivity index (χ1v) is 12.5. The Morgan fingerprint density at radius 2 is 1.53 bits per heavy atom. The van der Waals surface area contributed by atoms with Crippen LogP contribution in [0.1, 0.15) is 39.9 Å². The van der Waals surface area contributed by atoms with Gasteiger partial charge in [0.1, 0.15) is 0 Å². The maximum absolute atomic E-state index is 12.8. The number of carbonyl (C=O) groups excluding carboxylic acids is 2.